The molecule has 1 aliphatic rings. The Morgan fingerprint density at radius 2 is 2.00 bits per heavy atom. The molecule has 0 atom stereocenters. The minimum atomic E-state index is -0.946. The number of rotatable bonds is 0. The normalized spacial score (nSPS) is 23.6. The highest BCUT2D eigenvalue weighted by molar-refractivity contribution is 6.87. The van der Waals surface area contributed by atoms with Gasteiger partial charge >= 0.3 is 0 Å². The van der Waals surface area contributed by atoms with Crippen molar-refractivity contribution >= 4 is 8.07 Å². The average molecular weight is 124 g/mol. The molecule has 0 aliphatic carbocycles. The molecule has 0 spiro atoms. The van der Waals surface area contributed by atoms with E-state index in [2.05, 4.69) is 37.5 Å². The van der Waals surface area contributed by atoms with Crippen LogP contribution in [0.3, 0.4) is 0 Å². The minimum absolute atomic E-state index is 0.946. The van der Waals surface area contributed by atoms with Crippen molar-refractivity contribution in [3.8, 4) is 0 Å². The zero-order valence-electron chi connectivity index (χ0n) is 5.73. The molecule has 1 aliphatic heterocycles. The Labute approximate surface area is 51.9 Å². The van der Waals surface area contributed by atoms with Crippen molar-refractivity contribution in [2.45, 2.75) is 20.0 Å². The van der Waals surface area contributed by atoms with Gasteiger partial charge in [-0.3, -0.25) is 0 Å². The lowest BCUT2D eigenvalue weighted by molar-refractivity contribution is 1.57. The topological polar surface area (TPSA) is 0 Å². The van der Waals surface area contributed by atoms with Gasteiger partial charge in [-0.05, 0) is 6.92 Å². The molecule has 0 radical (unpaired) electrons. The van der Waals surface area contributed by atoms with Gasteiger partial charge in [-0.1, -0.05) is 36.1 Å². The van der Waals surface area contributed by atoms with E-state index in [-0.39, 0.29) is 0 Å². The van der Waals surface area contributed by atoms with E-state index < -0.39 is 8.07 Å². The van der Waals surface area contributed by atoms with Crippen molar-refractivity contribution in [3.05, 3.63) is 23.0 Å². The van der Waals surface area contributed by atoms with Gasteiger partial charge in [-0.2, -0.15) is 0 Å². The van der Waals surface area contributed by atoms with E-state index >= 15 is 0 Å². The van der Waals surface area contributed by atoms with Crippen molar-refractivity contribution < 1.29 is 0 Å². The third-order valence-corrected chi connectivity index (χ3v) is 3.60. The first-order valence-electron chi connectivity index (χ1n) is 2.99. The first-order valence-corrected chi connectivity index (χ1v) is 6.14. The molecule has 1 heteroatoms. The van der Waals surface area contributed by atoms with Crippen LogP contribution in [0.1, 0.15) is 6.92 Å². The second-order valence-corrected chi connectivity index (χ2v) is 7.31. The van der Waals surface area contributed by atoms with E-state index in [1.165, 1.54) is 5.57 Å². The zero-order chi connectivity index (χ0) is 6.20. The van der Waals surface area contributed by atoms with Crippen LogP contribution in [0.25, 0.3) is 0 Å². The molecule has 0 saturated carbocycles. The van der Waals surface area contributed by atoms with Gasteiger partial charge in [-0.25, -0.2) is 0 Å². The van der Waals surface area contributed by atoms with Crippen molar-refractivity contribution in [3.63, 3.8) is 0 Å². The average Bonchev–Trinajstić information content (AvgIpc) is 1.82. The fourth-order valence-electron chi connectivity index (χ4n) is 1.03. The summed E-state index contributed by atoms with van der Waals surface area (Å²) in [6.45, 7) is 6.86. The van der Waals surface area contributed by atoms with Crippen LogP contribution < -0.4 is 0 Å². The molecule has 0 aromatic rings. The summed E-state index contributed by atoms with van der Waals surface area (Å²) in [5.74, 6) is 0. The van der Waals surface area contributed by atoms with Gasteiger partial charge in [0.2, 0.25) is 0 Å². The molecule has 0 amide bonds. The molecule has 0 aromatic heterocycles. The maximum atomic E-state index is 2.41. The molecular formula is C7H12Si. The molecule has 1 rings (SSSR count). The van der Waals surface area contributed by atoms with Gasteiger partial charge in [-0.15, -0.1) is 0 Å². The van der Waals surface area contributed by atoms with Crippen LogP contribution in [0.15, 0.2) is 23.0 Å². The van der Waals surface area contributed by atoms with Gasteiger partial charge in [0, 0.05) is 0 Å². The van der Waals surface area contributed by atoms with Crippen LogP contribution in [0.5, 0.6) is 0 Å². The minimum Gasteiger partial charge on any atom is -0.0905 e. The van der Waals surface area contributed by atoms with Crippen LogP contribution in [-0.2, 0) is 0 Å². The summed E-state index contributed by atoms with van der Waals surface area (Å²) in [6, 6.07) is 0. The molecule has 1 heterocycles. The van der Waals surface area contributed by atoms with E-state index in [1.54, 1.807) is 0 Å². The van der Waals surface area contributed by atoms with Gasteiger partial charge in [0.05, 0.1) is 8.07 Å². The highest BCUT2D eigenvalue weighted by atomic mass is 28.3. The maximum Gasteiger partial charge on any atom is 0.0957 e. The van der Waals surface area contributed by atoms with Crippen molar-refractivity contribution in [1.29, 1.82) is 0 Å². The lowest BCUT2D eigenvalue weighted by Gasteiger charge is -2.04. The molecule has 0 fully saturated rings. The molecule has 44 valence electrons. The van der Waals surface area contributed by atoms with Gasteiger partial charge in [0.25, 0.3) is 0 Å². The third-order valence-electron chi connectivity index (χ3n) is 1.38. The summed E-state index contributed by atoms with van der Waals surface area (Å²) in [5.41, 5.74) is 6.22. The monoisotopic (exact) mass is 124 g/mol. The highest BCUT2D eigenvalue weighted by Crippen LogP contribution is 2.16. The summed E-state index contributed by atoms with van der Waals surface area (Å²) in [7, 11) is -0.946. The van der Waals surface area contributed by atoms with Gasteiger partial charge in [0.15, 0.2) is 0 Å². The molecule has 0 aromatic carbocycles. The Morgan fingerprint density at radius 1 is 1.38 bits per heavy atom. The summed E-state index contributed by atoms with van der Waals surface area (Å²) in [6.07, 6.45) is 2.23. The Kier molecular flexibility index (Phi) is 1.16. The lowest BCUT2D eigenvalue weighted by Crippen LogP contribution is -2.15. The first-order chi connectivity index (χ1) is 3.60. The summed E-state index contributed by atoms with van der Waals surface area (Å²) in [5, 5.41) is 0. The van der Waals surface area contributed by atoms with E-state index in [0.717, 1.165) is 0 Å². The molecule has 0 bridgehead atoms. The first kappa shape index (κ1) is 5.83. The third kappa shape index (κ3) is 1.10. The molecule has 0 nitrogen and oxygen atoms in total. The SMILES string of the molecule is CC1=C[Si](C)(C)C=C1. The van der Waals surface area contributed by atoms with Crippen molar-refractivity contribution in [2.24, 2.45) is 0 Å². The largest absolute Gasteiger partial charge is 0.0957 e. The van der Waals surface area contributed by atoms with Crippen LogP contribution >= 0.6 is 0 Å². The molecule has 0 N–H and O–H groups in total. The van der Waals surface area contributed by atoms with E-state index in [0.29, 0.717) is 0 Å². The summed E-state index contributed by atoms with van der Waals surface area (Å²) >= 11 is 0. The van der Waals surface area contributed by atoms with E-state index in [9.17, 15) is 0 Å². The number of hydrogen-bond donors (Lipinski definition) is 0. The molecular weight excluding hydrogens is 112 g/mol. The van der Waals surface area contributed by atoms with Gasteiger partial charge < -0.3 is 0 Å². The number of hydrogen-bond acceptors (Lipinski definition) is 0. The van der Waals surface area contributed by atoms with Crippen LogP contribution in [-0.4, -0.2) is 8.07 Å². The zero-order valence-corrected chi connectivity index (χ0v) is 6.73. The van der Waals surface area contributed by atoms with Gasteiger partial charge in [0.1, 0.15) is 0 Å². The Balaban J connectivity index is 2.84. The van der Waals surface area contributed by atoms with E-state index in [1.807, 2.05) is 0 Å². The predicted molar refractivity (Wildman–Crippen MR) is 40.4 cm³/mol. The standard InChI is InChI=1S/C7H12Si/c1-7-4-5-8(2,3)6-7/h4-6H,1-3H3. The fraction of sp³-hybridized carbons (Fsp3) is 0.429. The van der Waals surface area contributed by atoms with Crippen LogP contribution in [0.2, 0.25) is 13.1 Å². The second-order valence-electron chi connectivity index (χ2n) is 3.04. The fourth-order valence-corrected chi connectivity index (χ4v) is 3.09. The number of allylic oxidation sites excluding steroid dienone is 2. The summed E-state index contributed by atoms with van der Waals surface area (Å²) < 4.78 is 0. The second kappa shape index (κ2) is 1.59. The molecule has 0 unspecified atom stereocenters. The van der Waals surface area contributed by atoms with Crippen molar-refractivity contribution in [2.75, 3.05) is 0 Å². The Bertz CT molecular complexity index is 152. The maximum absolute atomic E-state index is 2.41. The molecule has 0 saturated heterocycles. The quantitative estimate of drug-likeness (QED) is 0.435. The Morgan fingerprint density at radius 3 is 2.12 bits per heavy atom. The Hall–Kier alpha value is -0.303. The van der Waals surface area contributed by atoms with Crippen LogP contribution in [0, 0.1) is 0 Å². The van der Waals surface area contributed by atoms with E-state index in [4.69, 9.17) is 0 Å². The molecule has 8 heavy (non-hydrogen) atoms. The highest BCUT2D eigenvalue weighted by Gasteiger charge is 2.16. The van der Waals surface area contributed by atoms with Crippen LogP contribution in [0.4, 0.5) is 0 Å². The summed E-state index contributed by atoms with van der Waals surface area (Å²) in [4.78, 5) is 0. The predicted octanol–water partition coefficient (Wildman–Crippen LogP) is 2.29. The van der Waals surface area contributed by atoms with Crippen molar-refractivity contribution in [1.82, 2.24) is 0 Å². The lowest BCUT2D eigenvalue weighted by atomic mass is 10.4. The smallest absolute Gasteiger partial charge is 0.0905 e.